The Morgan fingerprint density at radius 2 is 1.98 bits per heavy atom. The van der Waals surface area contributed by atoms with Gasteiger partial charge in [-0.05, 0) is 49.3 Å². The number of benzene rings is 2. The summed E-state index contributed by atoms with van der Waals surface area (Å²) in [5.74, 6) is 0.0684. The molecule has 6 rings (SSSR count). The number of nitriles is 1. The van der Waals surface area contributed by atoms with Crippen molar-refractivity contribution in [3.05, 3.63) is 64.8 Å². The lowest BCUT2D eigenvalue weighted by Gasteiger charge is -2.30. The van der Waals surface area contributed by atoms with E-state index in [1.807, 2.05) is 25.1 Å². The molecule has 4 heterocycles. The molecule has 1 saturated heterocycles. The molecule has 2 aliphatic heterocycles. The number of methoxy groups -OCH3 is 1. The zero-order chi connectivity index (χ0) is 31.1. The summed E-state index contributed by atoms with van der Waals surface area (Å²) >= 11 is 7.02. The monoisotopic (exact) mass is 621 g/mol. The van der Waals surface area contributed by atoms with Crippen molar-refractivity contribution >= 4 is 34.3 Å². The zero-order valence-electron chi connectivity index (χ0n) is 23.7. The number of rotatable bonds is 4. The van der Waals surface area contributed by atoms with Crippen molar-refractivity contribution in [2.75, 3.05) is 20.3 Å². The summed E-state index contributed by atoms with van der Waals surface area (Å²) in [5.41, 5.74) is 2.10. The number of hydrogen-bond donors (Lipinski definition) is 0. The minimum atomic E-state index is -3.07. The van der Waals surface area contributed by atoms with Gasteiger partial charge in [0.2, 0.25) is 5.88 Å². The number of halogens is 3. The molecule has 2 aromatic heterocycles. The Morgan fingerprint density at radius 3 is 2.68 bits per heavy atom. The van der Waals surface area contributed by atoms with Gasteiger partial charge in [0, 0.05) is 29.9 Å². The van der Waals surface area contributed by atoms with Gasteiger partial charge in [-0.15, -0.1) is 10.2 Å². The van der Waals surface area contributed by atoms with Crippen molar-refractivity contribution < 1.29 is 27.8 Å². The maximum Gasteiger partial charge on any atom is 0.335 e. The van der Waals surface area contributed by atoms with E-state index < -0.39 is 30.6 Å². The molecule has 0 saturated carbocycles. The third kappa shape index (κ3) is 4.85. The van der Waals surface area contributed by atoms with Crippen LogP contribution in [0, 0.1) is 18.3 Å². The molecule has 226 valence electrons. The summed E-state index contributed by atoms with van der Waals surface area (Å²) in [4.78, 5) is 33.2. The molecule has 0 aliphatic carbocycles. The van der Waals surface area contributed by atoms with Crippen molar-refractivity contribution in [2.24, 2.45) is 0 Å². The SMILES string of the molecule is COc1nccc2ccc(C)c(-c3c(C#N)cc4c(c3Cl)OC[C@H]3CCC(N(C(=O)n5cnnc5)C(F)F)CCN3C4=O)c12. The minimum Gasteiger partial charge on any atom is -0.489 e. The Kier molecular flexibility index (Phi) is 7.77. The van der Waals surface area contributed by atoms with Gasteiger partial charge in [0.05, 0.1) is 40.8 Å². The predicted octanol–water partition coefficient (Wildman–Crippen LogP) is 5.28. The first kappa shape index (κ1) is 29.3. The summed E-state index contributed by atoms with van der Waals surface area (Å²) in [6, 6.07) is 7.04. The third-order valence-electron chi connectivity index (χ3n) is 8.24. The maximum absolute atomic E-state index is 14.1. The lowest BCUT2D eigenvalue weighted by molar-refractivity contribution is -0.0248. The molecule has 2 aliphatic rings. The summed E-state index contributed by atoms with van der Waals surface area (Å²) in [7, 11) is 1.51. The molecule has 0 spiro atoms. The summed E-state index contributed by atoms with van der Waals surface area (Å²) in [5, 5.41) is 18.9. The van der Waals surface area contributed by atoms with Crippen LogP contribution < -0.4 is 9.47 Å². The van der Waals surface area contributed by atoms with Crippen LogP contribution in [0.1, 0.15) is 40.7 Å². The number of fused-ring (bicyclic) bond motifs is 3. The molecule has 2 aromatic carbocycles. The fourth-order valence-electron chi connectivity index (χ4n) is 6.12. The van der Waals surface area contributed by atoms with E-state index in [0.717, 1.165) is 28.2 Å². The lowest BCUT2D eigenvalue weighted by atomic mass is 9.90. The summed E-state index contributed by atoms with van der Waals surface area (Å²) < 4.78 is 40.9. The van der Waals surface area contributed by atoms with Crippen LogP contribution in [0.3, 0.4) is 0 Å². The molecule has 1 fully saturated rings. The van der Waals surface area contributed by atoms with Crippen molar-refractivity contribution in [3.63, 3.8) is 0 Å². The molecular weight excluding hydrogens is 596 g/mol. The van der Waals surface area contributed by atoms with Crippen molar-refractivity contribution in [3.8, 4) is 28.8 Å². The Balaban J connectivity index is 1.38. The maximum atomic E-state index is 14.1. The van der Waals surface area contributed by atoms with Gasteiger partial charge in [-0.2, -0.15) is 14.0 Å². The highest BCUT2D eigenvalue weighted by molar-refractivity contribution is 6.36. The second-order valence-electron chi connectivity index (χ2n) is 10.6. The number of aryl methyl sites for hydroxylation is 1. The molecule has 2 atom stereocenters. The zero-order valence-corrected chi connectivity index (χ0v) is 24.5. The Bertz CT molecular complexity index is 1810. The number of pyridine rings is 1. The van der Waals surface area contributed by atoms with Crippen LogP contribution in [-0.4, -0.2) is 80.4 Å². The first-order valence-corrected chi connectivity index (χ1v) is 14.2. The summed E-state index contributed by atoms with van der Waals surface area (Å²) in [6.07, 6.45) is 4.36. The minimum absolute atomic E-state index is 0.0456. The molecular formula is C30H26ClF2N7O4. The molecule has 14 heteroatoms. The van der Waals surface area contributed by atoms with E-state index in [4.69, 9.17) is 21.1 Å². The van der Waals surface area contributed by atoms with E-state index in [0.29, 0.717) is 33.7 Å². The molecule has 4 aromatic rings. The summed E-state index contributed by atoms with van der Waals surface area (Å²) in [6.45, 7) is -1.05. The van der Waals surface area contributed by atoms with Crippen LogP contribution in [0.4, 0.5) is 13.6 Å². The van der Waals surface area contributed by atoms with Crippen LogP contribution >= 0.6 is 11.6 Å². The number of ether oxygens (including phenoxy) is 2. The third-order valence-corrected chi connectivity index (χ3v) is 8.60. The van der Waals surface area contributed by atoms with Gasteiger partial charge in [-0.1, -0.05) is 23.7 Å². The first-order chi connectivity index (χ1) is 21.2. The Hall–Kier alpha value is -4.83. The molecule has 44 heavy (non-hydrogen) atoms. The van der Waals surface area contributed by atoms with Crippen LogP contribution in [0.5, 0.6) is 11.6 Å². The van der Waals surface area contributed by atoms with E-state index in [1.54, 1.807) is 11.1 Å². The van der Waals surface area contributed by atoms with Crippen LogP contribution in [0.25, 0.3) is 21.9 Å². The lowest BCUT2D eigenvalue weighted by Crippen LogP contribution is -2.46. The van der Waals surface area contributed by atoms with Gasteiger partial charge in [0.15, 0.2) is 5.75 Å². The number of nitrogens with zero attached hydrogens (tertiary/aromatic N) is 7. The average molecular weight is 622 g/mol. The second kappa shape index (κ2) is 11.7. The highest BCUT2D eigenvalue weighted by Crippen LogP contribution is 2.47. The quantitative estimate of drug-likeness (QED) is 0.282. The van der Waals surface area contributed by atoms with Gasteiger partial charge < -0.3 is 14.4 Å². The molecule has 1 unspecified atom stereocenters. The van der Waals surface area contributed by atoms with E-state index in [2.05, 4.69) is 21.3 Å². The number of hydrogen-bond acceptors (Lipinski definition) is 8. The first-order valence-electron chi connectivity index (χ1n) is 13.8. The van der Waals surface area contributed by atoms with Gasteiger partial charge in [0.25, 0.3) is 5.91 Å². The smallest absolute Gasteiger partial charge is 0.335 e. The van der Waals surface area contributed by atoms with Gasteiger partial charge in [0.1, 0.15) is 19.3 Å². The fraction of sp³-hybridized carbons (Fsp3) is 0.333. The highest BCUT2D eigenvalue weighted by Gasteiger charge is 2.40. The van der Waals surface area contributed by atoms with Gasteiger partial charge >= 0.3 is 12.6 Å². The van der Waals surface area contributed by atoms with E-state index in [9.17, 15) is 23.6 Å². The van der Waals surface area contributed by atoms with E-state index in [1.165, 1.54) is 13.2 Å². The van der Waals surface area contributed by atoms with Crippen LogP contribution in [-0.2, 0) is 0 Å². The molecule has 0 radical (unpaired) electrons. The molecule has 0 N–H and O–H groups in total. The number of alkyl halides is 2. The second-order valence-corrected chi connectivity index (χ2v) is 11.0. The normalized spacial score (nSPS) is 18.1. The number of carbonyl (C=O) groups is 2. The van der Waals surface area contributed by atoms with E-state index >= 15 is 0 Å². The molecule has 0 bridgehead atoms. The van der Waals surface area contributed by atoms with Gasteiger partial charge in [-0.3, -0.25) is 9.69 Å². The van der Waals surface area contributed by atoms with Gasteiger partial charge in [-0.25, -0.2) is 14.3 Å². The topological polar surface area (TPSA) is 126 Å². The van der Waals surface area contributed by atoms with Crippen molar-refractivity contribution in [2.45, 2.75) is 44.8 Å². The van der Waals surface area contributed by atoms with E-state index in [-0.39, 0.29) is 47.9 Å². The number of carbonyl (C=O) groups excluding carboxylic acids is 2. The van der Waals surface area contributed by atoms with Crippen LogP contribution in [0.2, 0.25) is 5.02 Å². The number of aromatic nitrogens is 4. The highest BCUT2D eigenvalue weighted by atomic mass is 35.5. The van der Waals surface area contributed by atoms with Crippen molar-refractivity contribution in [1.82, 2.24) is 29.5 Å². The largest absolute Gasteiger partial charge is 0.489 e. The Morgan fingerprint density at radius 1 is 1.20 bits per heavy atom. The standard InChI is InChI=1S/C30H26ClF2N7O4/c1-16-3-4-17-7-9-35-27(43-2)24(17)22(16)23-18(12-34)11-21-26(25(23)31)44-13-20-6-5-19(8-10-39(20)28(21)41)40(29(32)33)30(42)38-14-36-37-15-38/h3-4,7,9,11,14-15,19-20,29H,5-6,8,10,13H2,1-2H3/t19?,20-/m1/s1. The Labute approximate surface area is 255 Å². The average Bonchev–Trinajstić information content (AvgIpc) is 3.44. The number of amides is 2. The van der Waals surface area contributed by atoms with Crippen molar-refractivity contribution in [1.29, 1.82) is 5.26 Å². The predicted molar refractivity (Wildman–Crippen MR) is 155 cm³/mol. The molecule has 11 nitrogen and oxygen atoms in total. The molecule has 2 amide bonds. The van der Waals surface area contributed by atoms with Crippen LogP contribution in [0.15, 0.2) is 43.1 Å². The fourth-order valence-corrected chi connectivity index (χ4v) is 6.48.